The van der Waals surface area contributed by atoms with Gasteiger partial charge in [-0.25, -0.2) is 4.79 Å². The Hall–Kier alpha value is -2.35. The van der Waals surface area contributed by atoms with Crippen molar-refractivity contribution in [1.82, 2.24) is 0 Å². The van der Waals surface area contributed by atoms with Gasteiger partial charge in [-0.05, 0) is 82.5 Å². The van der Waals surface area contributed by atoms with Crippen LogP contribution in [0, 0.1) is 6.92 Å². The lowest BCUT2D eigenvalue weighted by Gasteiger charge is -2.42. The standard InChI is InChI=1S/C27H34O2/c1-8-20(16-19-9-11-21(12-10-19)25(28)29-7)22-17-24-23(15-18(22)2)26(3,4)13-14-27(24,5)6/h9-12,15-17H,8,13-14H2,1-7H3. The Kier molecular flexibility index (Phi) is 5.76. The van der Waals surface area contributed by atoms with Crippen molar-refractivity contribution < 1.29 is 9.53 Å². The summed E-state index contributed by atoms with van der Waals surface area (Å²) in [7, 11) is 1.41. The van der Waals surface area contributed by atoms with Crippen molar-refractivity contribution in [2.24, 2.45) is 0 Å². The topological polar surface area (TPSA) is 26.3 Å². The molecular formula is C27H34O2. The Morgan fingerprint density at radius 1 is 1.00 bits per heavy atom. The molecule has 2 aromatic rings. The van der Waals surface area contributed by atoms with Crippen LogP contribution in [0.25, 0.3) is 11.6 Å². The highest BCUT2D eigenvalue weighted by molar-refractivity contribution is 5.90. The van der Waals surface area contributed by atoms with Crippen molar-refractivity contribution in [3.05, 3.63) is 69.8 Å². The lowest BCUT2D eigenvalue weighted by molar-refractivity contribution is 0.0600. The molecule has 0 saturated heterocycles. The summed E-state index contributed by atoms with van der Waals surface area (Å²) < 4.78 is 4.80. The third kappa shape index (κ3) is 4.17. The van der Waals surface area contributed by atoms with Crippen molar-refractivity contribution >= 4 is 17.6 Å². The number of rotatable bonds is 4. The smallest absolute Gasteiger partial charge is 0.337 e. The van der Waals surface area contributed by atoms with Crippen molar-refractivity contribution in [2.75, 3.05) is 7.11 Å². The second-order valence-electron chi connectivity index (χ2n) is 9.62. The van der Waals surface area contributed by atoms with E-state index in [1.54, 1.807) is 0 Å². The van der Waals surface area contributed by atoms with Gasteiger partial charge in [0.05, 0.1) is 12.7 Å². The van der Waals surface area contributed by atoms with E-state index >= 15 is 0 Å². The predicted molar refractivity (Wildman–Crippen MR) is 122 cm³/mol. The number of fused-ring (bicyclic) bond motifs is 1. The number of ether oxygens (including phenoxy) is 1. The second-order valence-corrected chi connectivity index (χ2v) is 9.62. The molecule has 0 radical (unpaired) electrons. The average molecular weight is 391 g/mol. The summed E-state index contributed by atoms with van der Waals surface area (Å²) in [6, 6.07) is 12.5. The van der Waals surface area contributed by atoms with Gasteiger partial charge in [0, 0.05) is 0 Å². The number of hydrogen-bond donors (Lipinski definition) is 0. The molecule has 1 aliphatic carbocycles. The van der Waals surface area contributed by atoms with Crippen LogP contribution in [0.3, 0.4) is 0 Å². The average Bonchev–Trinajstić information content (AvgIpc) is 2.69. The van der Waals surface area contributed by atoms with Crippen molar-refractivity contribution in [1.29, 1.82) is 0 Å². The monoisotopic (exact) mass is 390 g/mol. The highest BCUT2D eigenvalue weighted by Crippen LogP contribution is 2.47. The van der Waals surface area contributed by atoms with Gasteiger partial charge < -0.3 is 4.74 Å². The number of methoxy groups -OCH3 is 1. The fraction of sp³-hybridized carbons (Fsp3) is 0.444. The molecule has 0 saturated carbocycles. The van der Waals surface area contributed by atoms with E-state index in [0.29, 0.717) is 5.56 Å². The Morgan fingerprint density at radius 2 is 1.55 bits per heavy atom. The molecule has 0 fully saturated rings. The SMILES string of the molecule is CCC(=Cc1ccc(C(=O)OC)cc1)c1cc2c(cc1C)C(C)(C)CCC2(C)C. The first kappa shape index (κ1) is 21.4. The number of allylic oxidation sites excluding steroid dienone is 1. The molecule has 0 amide bonds. The molecular weight excluding hydrogens is 356 g/mol. The number of benzene rings is 2. The van der Waals surface area contributed by atoms with Crippen LogP contribution in [0.2, 0.25) is 0 Å². The highest BCUT2D eigenvalue weighted by Gasteiger charge is 2.37. The van der Waals surface area contributed by atoms with Crippen LogP contribution < -0.4 is 0 Å². The molecule has 2 nitrogen and oxygen atoms in total. The van der Waals surface area contributed by atoms with Gasteiger partial charge in [-0.1, -0.05) is 65.0 Å². The van der Waals surface area contributed by atoms with Crippen LogP contribution in [0.1, 0.15) is 92.1 Å². The minimum atomic E-state index is -0.299. The summed E-state index contributed by atoms with van der Waals surface area (Å²) in [4.78, 5) is 11.7. The van der Waals surface area contributed by atoms with Gasteiger partial charge in [-0.2, -0.15) is 0 Å². The Labute approximate surface area is 176 Å². The van der Waals surface area contributed by atoms with E-state index in [1.807, 2.05) is 24.3 Å². The van der Waals surface area contributed by atoms with Gasteiger partial charge in [0.15, 0.2) is 0 Å². The number of esters is 1. The van der Waals surface area contributed by atoms with Gasteiger partial charge in [0.25, 0.3) is 0 Å². The van der Waals surface area contributed by atoms with Crippen molar-refractivity contribution in [3.8, 4) is 0 Å². The first-order valence-electron chi connectivity index (χ1n) is 10.6. The maximum atomic E-state index is 11.7. The van der Waals surface area contributed by atoms with E-state index in [-0.39, 0.29) is 16.8 Å². The normalized spacial score (nSPS) is 17.6. The zero-order chi connectivity index (χ0) is 21.4. The van der Waals surface area contributed by atoms with Crippen LogP contribution in [-0.2, 0) is 15.6 Å². The Balaban J connectivity index is 2.06. The van der Waals surface area contributed by atoms with E-state index in [9.17, 15) is 4.79 Å². The fourth-order valence-corrected chi connectivity index (χ4v) is 4.47. The minimum absolute atomic E-state index is 0.203. The summed E-state index contributed by atoms with van der Waals surface area (Å²) in [5.41, 5.74) is 9.13. The van der Waals surface area contributed by atoms with Crippen LogP contribution in [0.4, 0.5) is 0 Å². The number of hydrogen-bond acceptors (Lipinski definition) is 2. The summed E-state index contributed by atoms with van der Waals surface area (Å²) in [6.07, 6.45) is 5.66. The Morgan fingerprint density at radius 3 is 2.07 bits per heavy atom. The number of carbonyl (C=O) groups excluding carboxylic acids is 1. The molecule has 0 atom stereocenters. The minimum Gasteiger partial charge on any atom is -0.465 e. The largest absolute Gasteiger partial charge is 0.465 e. The molecule has 0 spiro atoms. The summed E-state index contributed by atoms with van der Waals surface area (Å²) in [6.45, 7) is 13.9. The molecule has 0 unspecified atom stereocenters. The maximum absolute atomic E-state index is 11.7. The molecule has 1 aliphatic rings. The third-order valence-corrected chi connectivity index (χ3v) is 6.60. The molecule has 154 valence electrons. The van der Waals surface area contributed by atoms with E-state index in [1.165, 1.54) is 47.8 Å². The van der Waals surface area contributed by atoms with Gasteiger partial charge in [0.2, 0.25) is 0 Å². The molecule has 0 aliphatic heterocycles. The molecule has 2 heteroatoms. The molecule has 29 heavy (non-hydrogen) atoms. The van der Waals surface area contributed by atoms with Gasteiger partial charge in [-0.3, -0.25) is 0 Å². The summed E-state index contributed by atoms with van der Waals surface area (Å²) in [5.74, 6) is -0.299. The third-order valence-electron chi connectivity index (χ3n) is 6.60. The quantitative estimate of drug-likeness (QED) is 0.412. The molecule has 0 N–H and O–H groups in total. The fourth-order valence-electron chi connectivity index (χ4n) is 4.47. The number of aryl methyl sites for hydroxylation is 1. The first-order valence-corrected chi connectivity index (χ1v) is 10.6. The van der Waals surface area contributed by atoms with E-state index < -0.39 is 0 Å². The number of carbonyl (C=O) groups is 1. The van der Waals surface area contributed by atoms with Gasteiger partial charge in [-0.15, -0.1) is 0 Å². The highest BCUT2D eigenvalue weighted by atomic mass is 16.5. The van der Waals surface area contributed by atoms with Crippen LogP contribution in [0.5, 0.6) is 0 Å². The van der Waals surface area contributed by atoms with Crippen molar-refractivity contribution in [3.63, 3.8) is 0 Å². The summed E-state index contributed by atoms with van der Waals surface area (Å²) in [5, 5.41) is 0. The zero-order valence-corrected chi connectivity index (χ0v) is 19.0. The Bertz CT molecular complexity index is 943. The van der Waals surface area contributed by atoms with E-state index in [2.05, 4.69) is 59.8 Å². The van der Waals surface area contributed by atoms with Crippen LogP contribution in [0.15, 0.2) is 36.4 Å². The molecule has 2 aromatic carbocycles. The zero-order valence-electron chi connectivity index (χ0n) is 19.0. The van der Waals surface area contributed by atoms with Crippen molar-refractivity contribution in [2.45, 2.75) is 71.6 Å². The molecule has 0 bridgehead atoms. The maximum Gasteiger partial charge on any atom is 0.337 e. The van der Waals surface area contributed by atoms with Crippen LogP contribution >= 0.6 is 0 Å². The lowest BCUT2D eigenvalue weighted by Crippen LogP contribution is -2.34. The van der Waals surface area contributed by atoms with Crippen LogP contribution in [-0.4, -0.2) is 13.1 Å². The molecule has 0 aromatic heterocycles. The van der Waals surface area contributed by atoms with Gasteiger partial charge in [0.1, 0.15) is 0 Å². The lowest BCUT2D eigenvalue weighted by atomic mass is 9.62. The first-order chi connectivity index (χ1) is 13.6. The molecule has 3 rings (SSSR count). The van der Waals surface area contributed by atoms with Gasteiger partial charge >= 0.3 is 5.97 Å². The molecule has 0 heterocycles. The predicted octanol–water partition coefficient (Wildman–Crippen LogP) is 7.08. The van der Waals surface area contributed by atoms with E-state index in [4.69, 9.17) is 4.74 Å². The summed E-state index contributed by atoms with van der Waals surface area (Å²) >= 11 is 0. The second kappa shape index (κ2) is 7.82. The van der Waals surface area contributed by atoms with E-state index in [0.717, 1.165) is 12.0 Å².